The molecule has 3 N–H and O–H groups in total. The van der Waals surface area contributed by atoms with Crippen LogP contribution in [0.5, 0.6) is 0 Å². The zero-order valence-corrected chi connectivity index (χ0v) is 12.1. The average Bonchev–Trinajstić information content (AvgIpc) is 3.15. The Kier molecular flexibility index (Phi) is 4.36. The summed E-state index contributed by atoms with van der Waals surface area (Å²) in [5.41, 5.74) is 0.887. The molecule has 0 bridgehead atoms. The van der Waals surface area contributed by atoms with E-state index in [4.69, 9.17) is 9.84 Å². The monoisotopic (exact) mass is 278 g/mol. The third-order valence-corrected chi connectivity index (χ3v) is 3.75. The van der Waals surface area contributed by atoms with Crippen LogP contribution in [0.15, 0.2) is 23.3 Å². The van der Waals surface area contributed by atoms with Crippen LogP contribution >= 0.6 is 0 Å². The fourth-order valence-electron chi connectivity index (χ4n) is 2.41. The first-order chi connectivity index (χ1) is 9.40. The Bertz CT molecular complexity index is 492. The number of hydrogen-bond acceptors (Lipinski definition) is 4. The summed E-state index contributed by atoms with van der Waals surface area (Å²) in [7, 11) is 0. The van der Waals surface area contributed by atoms with Gasteiger partial charge in [0, 0.05) is 17.9 Å². The van der Waals surface area contributed by atoms with Gasteiger partial charge < -0.3 is 20.1 Å². The number of rotatable bonds is 3. The maximum atomic E-state index is 10.4. The van der Waals surface area contributed by atoms with E-state index in [1.165, 1.54) is 0 Å². The molecule has 0 aromatic rings. The average molecular weight is 278 g/mol. The second-order valence-electron chi connectivity index (χ2n) is 5.85. The van der Waals surface area contributed by atoms with Gasteiger partial charge in [-0.25, -0.2) is 0 Å². The van der Waals surface area contributed by atoms with Crippen LogP contribution in [0.25, 0.3) is 0 Å². The molecule has 1 saturated heterocycles. The first kappa shape index (κ1) is 15.3. The molecule has 0 radical (unpaired) electrons. The van der Waals surface area contributed by atoms with E-state index in [0.717, 1.165) is 5.57 Å². The molecule has 1 aliphatic carbocycles. The van der Waals surface area contributed by atoms with E-state index >= 15 is 0 Å². The van der Waals surface area contributed by atoms with Gasteiger partial charge in [0.1, 0.15) is 23.9 Å². The van der Waals surface area contributed by atoms with Gasteiger partial charge in [-0.3, -0.25) is 0 Å². The van der Waals surface area contributed by atoms with Crippen molar-refractivity contribution in [3.8, 4) is 11.8 Å². The summed E-state index contributed by atoms with van der Waals surface area (Å²) in [6.07, 6.45) is 2.20. The summed E-state index contributed by atoms with van der Waals surface area (Å²) in [5, 5.41) is 29.4. The lowest BCUT2D eigenvalue weighted by molar-refractivity contribution is 0.106. The van der Waals surface area contributed by atoms with Crippen molar-refractivity contribution in [2.45, 2.75) is 51.1 Å². The van der Waals surface area contributed by atoms with E-state index in [0.29, 0.717) is 12.0 Å². The van der Waals surface area contributed by atoms with E-state index < -0.39 is 17.8 Å². The number of aliphatic hydroxyl groups is 3. The van der Waals surface area contributed by atoms with Gasteiger partial charge >= 0.3 is 0 Å². The summed E-state index contributed by atoms with van der Waals surface area (Å²) < 4.78 is 5.59. The zero-order valence-electron chi connectivity index (χ0n) is 12.1. The Morgan fingerprint density at radius 2 is 2.20 bits per heavy atom. The fourth-order valence-corrected chi connectivity index (χ4v) is 2.41. The van der Waals surface area contributed by atoms with Crippen LogP contribution in [0.3, 0.4) is 0 Å². The van der Waals surface area contributed by atoms with E-state index in [1.807, 2.05) is 19.9 Å². The Morgan fingerprint density at radius 1 is 1.50 bits per heavy atom. The SMILES string of the molecule is CC(C)=CC[C@]12O[C@H]1[C@@H](O)C=C(C#CC(C)CO)[C@@H]2O. The summed E-state index contributed by atoms with van der Waals surface area (Å²) in [6.45, 7) is 5.74. The Balaban J connectivity index is 2.19. The van der Waals surface area contributed by atoms with Gasteiger partial charge in [-0.15, -0.1) is 0 Å². The van der Waals surface area contributed by atoms with Crippen LogP contribution in [-0.4, -0.2) is 45.8 Å². The maximum absolute atomic E-state index is 10.4. The van der Waals surface area contributed by atoms with Crippen molar-refractivity contribution in [2.75, 3.05) is 6.61 Å². The molecular weight excluding hydrogens is 256 g/mol. The highest BCUT2D eigenvalue weighted by Crippen LogP contribution is 2.50. The maximum Gasteiger partial charge on any atom is 0.132 e. The molecule has 0 spiro atoms. The quantitative estimate of drug-likeness (QED) is 0.405. The van der Waals surface area contributed by atoms with Crippen LogP contribution in [0, 0.1) is 17.8 Å². The fraction of sp³-hybridized carbons (Fsp3) is 0.625. The smallest absolute Gasteiger partial charge is 0.132 e. The van der Waals surface area contributed by atoms with Gasteiger partial charge in [0.05, 0.1) is 6.61 Å². The molecule has 20 heavy (non-hydrogen) atoms. The molecule has 110 valence electrons. The molecule has 2 aliphatic rings. The van der Waals surface area contributed by atoms with Crippen molar-refractivity contribution in [3.05, 3.63) is 23.3 Å². The molecule has 1 aliphatic heterocycles. The largest absolute Gasteiger partial charge is 0.395 e. The third-order valence-electron chi connectivity index (χ3n) is 3.75. The molecule has 5 atom stereocenters. The molecule has 1 heterocycles. The van der Waals surface area contributed by atoms with Crippen LogP contribution in [0.1, 0.15) is 27.2 Å². The summed E-state index contributed by atoms with van der Waals surface area (Å²) in [6, 6.07) is 0. The van der Waals surface area contributed by atoms with Gasteiger partial charge in [0.2, 0.25) is 0 Å². The number of epoxide rings is 1. The van der Waals surface area contributed by atoms with Crippen LogP contribution in [0.4, 0.5) is 0 Å². The minimum Gasteiger partial charge on any atom is -0.395 e. The molecule has 0 aromatic carbocycles. The molecular formula is C16H22O4. The van der Waals surface area contributed by atoms with Gasteiger partial charge in [-0.2, -0.15) is 0 Å². The lowest BCUT2D eigenvalue weighted by Gasteiger charge is -2.24. The molecule has 2 rings (SSSR count). The second kappa shape index (κ2) is 5.71. The topological polar surface area (TPSA) is 73.2 Å². The molecule has 4 nitrogen and oxygen atoms in total. The van der Waals surface area contributed by atoms with Gasteiger partial charge in [-0.1, -0.05) is 23.5 Å². The van der Waals surface area contributed by atoms with Crippen LogP contribution < -0.4 is 0 Å². The minimum atomic E-state index is -0.829. The molecule has 0 amide bonds. The van der Waals surface area contributed by atoms with Crippen molar-refractivity contribution in [1.82, 2.24) is 0 Å². The van der Waals surface area contributed by atoms with Crippen molar-refractivity contribution < 1.29 is 20.1 Å². The second-order valence-corrected chi connectivity index (χ2v) is 5.85. The summed E-state index contributed by atoms with van der Waals surface area (Å²) in [5.74, 6) is 5.57. The van der Waals surface area contributed by atoms with E-state index in [9.17, 15) is 10.2 Å². The number of allylic oxidation sites excluding steroid dienone is 1. The molecule has 0 saturated carbocycles. The van der Waals surface area contributed by atoms with Crippen LogP contribution in [-0.2, 0) is 4.74 Å². The van der Waals surface area contributed by atoms with Gasteiger partial charge in [0.25, 0.3) is 0 Å². The molecule has 0 aromatic heterocycles. The number of hydrogen-bond donors (Lipinski definition) is 3. The zero-order chi connectivity index (χ0) is 14.9. The lowest BCUT2D eigenvalue weighted by Crippen LogP contribution is -2.40. The summed E-state index contributed by atoms with van der Waals surface area (Å²) in [4.78, 5) is 0. The highest BCUT2D eigenvalue weighted by atomic mass is 16.6. The minimum absolute atomic E-state index is 0.0268. The Hall–Kier alpha value is -1.12. The van der Waals surface area contributed by atoms with E-state index in [1.54, 1.807) is 13.0 Å². The highest BCUT2D eigenvalue weighted by molar-refractivity contribution is 5.43. The number of fused-ring (bicyclic) bond motifs is 1. The number of aliphatic hydroxyl groups excluding tert-OH is 3. The normalized spacial score (nSPS) is 36.1. The van der Waals surface area contributed by atoms with E-state index in [2.05, 4.69) is 11.8 Å². The first-order valence-electron chi connectivity index (χ1n) is 6.92. The lowest BCUT2D eigenvalue weighted by atomic mass is 9.82. The van der Waals surface area contributed by atoms with Gasteiger partial charge in [-0.05, 0) is 26.8 Å². The molecule has 1 fully saturated rings. The Labute approximate surface area is 119 Å². The first-order valence-corrected chi connectivity index (χ1v) is 6.92. The predicted octanol–water partition coefficient (Wildman–Crippen LogP) is 0.774. The van der Waals surface area contributed by atoms with Crippen molar-refractivity contribution >= 4 is 0 Å². The molecule has 4 heteroatoms. The highest BCUT2D eigenvalue weighted by Gasteiger charge is 2.65. The number of ether oxygens (including phenoxy) is 1. The Morgan fingerprint density at radius 3 is 2.80 bits per heavy atom. The summed E-state index contributed by atoms with van der Waals surface area (Å²) >= 11 is 0. The third kappa shape index (κ3) is 2.82. The van der Waals surface area contributed by atoms with Crippen molar-refractivity contribution in [1.29, 1.82) is 0 Å². The van der Waals surface area contributed by atoms with Crippen molar-refractivity contribution in [2.24, 2.45) is 5.92 Å². The predicted molar refractivity (Wildman–Crippen MR) is 75.8 cm³/mol. The van der Waals surface area contributed by atoms with Crippen LogP contribution in [0.2, 0.25) is 0 Å². The van der Waals surface area contributed by atoms with E-state index in [-0.39, 0.29) is 18.6 Å². The standard InChI is InChI=1S/C16H22O4/c1-10(2)6-7-16-14(19)12(5-4-11(3)9-17)8-13(18)15(16)20-16/h6,8,11,13-15,17-19H,7,9H2,1-3H3/t11?,13-,14-,15-,16+/m0/s1. The van der Waals surface area contributed by atoms with Crippen molar-refractivity contribution in [3.63, 3.8) is 0 Å². The molecule has 1 unspecified atom stereocenters. The van der Waals surface area contributed by atoms with Gasteiger partial charge in [0.15, 0.2) is 0 Å².